The molecule has 3 nitrogen and oxygen atoms in total. The molecule has 6 heteroatoms. The van der Waals surface area contributed by atoms with Crippen molar-refractivity contribution in [2.75, 3.05) is 31.1 Å². The fourth-order valence-corrected chi connectivity index (χ4v) is 2.87. The number of fused-ring (bicyclic) bond motifs is 1. The summed E-state index contributed by atoms with van der Waals surface area (Å²) in [5, 5.41) is 5.53. The van der Waals surface area contributed by atoms with Crippen molar-refractivity contribution in [3.63, 3.8) is 0 Å². The maximum absolute atomic E-state index is 6.28. The Hall–Kier alpha value is -0.740. The van der Waals surface area contributed by atoms with Crippen molar-refractivity contribution in [3.8, 4) is 0 Å². The van der Waals surface area contributed by atoms with Gasteiger partial charge in [0.15, 0.2) is 0 Å². The predicted molar refractivity (Wildman–Crippen MR) is 88.8 cm³/mol. The van der Waals surface area contributed by atoms with Gasteiger partial charge >= 0.3 is 0 Å². The number of nitrogens with one attached hydrogen (secondary N) is 1. The minimum atomic E-state index is 0. The summed E-state index contributed by atoms with van der Waals surface area (Å²) in [4.78, 5) is 6.91. The van der Waals surface area contributed by atoms with E-state index in [-0.39, 0.29) is 12.4 Å². The van der Waals surface area contributed by atoms with Crippen LogP contribution in [0.4, 0.5) is 5.69 Å². The maximum atomic E-state index is 6.28. The Morgan fingerprint density at radius 2 is 1.90 bits per heavy atom. The monoisotopic (exact) mass is 331 g/mol. The minimum Gasteiger partial charge on any atom is -0.368 e. The van der Waals surface area contributed by atoms with Crippen LogP contribution in [-0.2, 0) is 0 Å². The lowest BCUT2D eigenvalue weighted by atomic mass is 10.1. The zero-order valence-electron chi connectivity index (χ0n) is 11.1. The normalized spacial score (nSPS) is 15.2. The molecule has 1 aromatic heterocycles. The van der Waals surface area contributed by atoms with Crippen molar-refractivity contribution in [1.82, 2.24) is 10.3 Å². The lowest BCUT2D eigenvalue weighted by molar-refractivity contribution is 0.590. The summed E-state index contributed by atoms with van der Waals surface area (Å²) in [6, 6.07) is 5.97. The van der Waals surface area contributed by atoms with E-state index < -0.39 is 0 Å². The largest absolute Gasteiger partial charge is 0.368 e. The van der Waals surface area contributed by atoms with Crippen LogP contribution in [0.15, 0.2) is 18.2 Å². The van der Waals surface area contributed by atoms with Gasteiger partial charge in [-0.15, -0.1) is 12.4 Å². The molecular formula is C14H16Cl3N3. The molecule has 0 aliphatic carbocycles. The average molecular weight is 333 g/mol. The van der Waals surface area contributed by atoms with Gasteiger partial charge in [0.2, 0.25) is 0 Å². The molecular weight excluding hydrogens is 317 g/mol. The predicted octanol–water partition coefficient (Wildman–Crippen LogP) is 3.68. The summed E-state index contributed by atoms with van der Waals surface area (Å²) in [5.41, 5.74) is 2.95. The second-order valence-electron chi connectivity index (χ2n) is 4.78. The molecule has 1 aliphatic heterocycles. The van der Waals surface area contributed by atoms with Gasteiger partial charge in [-0.05, 0) is 25.1 Å². The maximum Gasteiger partial charge on any atom is 0.0927 e. The first kappa shape index (κ1) is 15.6. The Balaban J connectivity index is 0.00000147. The van der Waals surface area contributed by atoms with Crippen molar-refractivity contribution in [2.24, 2.45) is 0 Å². The van der Waals surface area contributed by atoms with E-state index in [9.17, 15) is 0 Å². The van der Waals surface area contributed by atoms with Gasteiger partial charge in [-0.1, -0.05) is 23.2 Å². The number of aryl methyl sites for hydroxylation is 1. The van der Waals surface area contributed by atoms with Crippen LogP contribution < -0.4 is 10.2 Å². The fourth-order valence-electron chi connectivity index (χ4n) is 2.51. The first-order valence-corrected chi connectivity index (χ1v) is 7.13. The quantitative estimate of drug-likeness (QED) is 0.863. The third-order valence-electron chi connectivity index (χ3n) is 3.44. The molecule has 2 aromatic rings. The van der Waals surface area contributed by atoms with Crippen molar-refractivity contribution >= 4 is 52.2 Å². The second kappa shape index (κ2) is 6.35. The summed E-state index contributed by atoms with van der Waals surface area (Å²) in [7, 11) is 0. The van der Waals surface area contributed by atoms with Crippen molar-refractivity contribution in [2.45, 2.75) is 6.92 Å². The molecule has 3 rings (SSSR count). The summed E-state index contributed by atoms with van der Waals surface area (Å²) in [6.45, 7) is 5.99. The van der Waals surface area contributed by atoms with E-state index in [2.05, 4.69) is 21.3 Å². The molecule has 0 atom stereocenters. The molecule has 0 radical (unpaired) electrons. The zero-order valence-corrected chi connectivity index (χ0v) is 13.4. The Bertz CT molecular complexity index is 625. The highest BCUT2D eigenvalue weighted by molar-refractivity contribution is 6.45. The topological polar surface area (TPSA) is 28.2 Å². The number of hydrogen-bond donors (Lipinski definition) is 1. The van der Waals surface area contributed by atoms with Crippen LogP contribution in [0.3, 0.4) is 0 Å². The fraction of sp³-hybridized carbons (Fsp3) is 0.357. The molecule has 1 aromatic carbocycles. The summed E-state index contributed by atoms with van der Waals surface area (Å²) in [6.07, 6.45) is 0. The van der Waals surface area contributed by atoms with E-state index in [1.54, 1.807) is 0 Å². The van der Waals surface area contributed by atoms with E-state index in [4.69, 9.17) is 23.2 Å². The highest BCUT2D eigenvalue weighted by Crippen LogP contribution is 2.35. The van der Waals surface area contributed by atoms with Crippen LogP contribution >= 0.6 is 35.6 Å². The number of halogens is 3. The van der Waals surface area contributed by atoms with Crippen LogP contribution in [-0.4, -0.2) is 31.2 Å². The van der Waals surface area contributed by atoms with Crippen molar-refractivity contribution in [3.05, 3.63) is 33.9 Å². The molecule has 0 amide bonds. The van der Waals surface area contributed by atoms with Gasteiger partial charge in [0.1, 0.15) is 0 Å². The second-order valence-corrected chi connectivity index (χ2v) is 5.56. The number of piperazine rings is 1. The average Bonchev–Trinajstić information content (AvgIpc) is 2.44. The van der Waals surface area contributed by atoms with E-state index in [1.807, 2.05) is 19.1 Å². The third kappa shape index (κ3) is 2.82. The first-order valence-electron chi connectivity index (χ1n) is 6.38. The Kier molecular flexibility index (Phi) is 4.97. The van der Waals surface area contributed by atoms with E-state index in [1.165, 1.54) is 5.69 Å². The SMILES string of the molecule is Cc1cc(N2CCNCC2)c2ccc(Cl)c(Cl)c2n1.Cl. The molecule has 20 heavy (non-hydrogen) atoms. The lowest BCUT2D eigenvalue weighted by Gasteiger charge is -2.30. The smallest absolute Gasteiger partial charge is 0.0927 e. The van der Waals surface area contributed by atoms with E-state index in [0.29, 0.717) is 10.0 Å². The van der Waals surface area contributed by atoms with Crippen molar-refractivity contribution in [1.29, 1.82) is 0 Å². The number of benzene rings is 1. The van der Waals surface area contributed by atoms with Gasteiger partial charge in [0, 0.05) is 42.9 Å². The number of pyridine rings is 1. The number of hydrogen-bond acceptors (Lipinski definition) is 3. The highest BCUT2D eigenvalue weighted by Gasteiger charge is 2.16. The van der Waals surface area contributed by atoms with Crippen molar-refractivity contribution < 1.29 is 0 Å². The Morgan fingerprint density at radius 3 is 2.60 bits per heavy atom. The van der Waals surface area contributed by atoms with Crippen LogP contribution in [0.25, 0.3) is 10.9 Å². The standard InChI is InChI=1S/C14H15Cl2N3.ClH/c1-9-8-12(19-6-4-17-5-7-19)10-2-3-11(15)13(16)14(10)18-9;/h2-3,8,17H,4-7H2,1H3;1H. The van der Waals surface area contributed by atoms with E-state index >= 15 is 0 Å². The third-order valence-corrected chi connectivity index (χ3v) is 4.23. The molecule has 0 unspecified atom stereocenters. The number of aromatic nitrogens is 1. The molecule has 1 saturated heterocycles. The Morgan fingerprint density at radius 1 is 1.20 bits per heavy atom. The number of anilines is 1. The van der Waals surface area contributed by atoms with Gasteiger partial charge in [-0.2, -0.15) is 0 Å². The van der Waals surface area contributed by atoms with Gasteiger partial charge in [-0.3, -0.25) is 4.98 Å². The first-order chi connectivity index (χ1) is 9.16. The molecule has 0 saturated carbocycles. The molecule has 1 aliphatic rings. The van der Waals surface area contributed by atoms with Crippen LogP contribution in [0.1, 0.15) is 5.69 Å². The number of rotatable bonds is 1. The number of nitrogens with zero attached hydrogens (tertiary/aromatic N) is 2. The van der Waals surface area contributed by atoms with Crippen LogP contribution in [0.2, 0.25) is 10.0 Å². The van der Waals surface area contributed by atoms with Gasteiger partial charge in [0.25, 0.3) is 0 Å². The highest BCUT2D eigenvalue weighted by atomic mass is 35.5. The minimum absolute atomic E-state index is 0. The summed E-state index contributed by atoms with van der Waals surface area (Å²) < 4.78 is 0. The van der Waals surface area contributed by atoms with Crippen LogP contribution in [0, 0.1) is 6.92 Å². The van der Waals surface area contributed by atoms with Gasteiger partial charge < -0.3 is 10.2 Å². The molecule has 1 fully saturated rings. The zero-order chi connectivity index (χ0) is 13.4. The molecule has 0 bridgehead atoms. The molecule has 2 heterocycles. The van der Waals surface area contributed by atoms with E-state index in [0.717, 1.165) is 42.8 Å². The summed E-state index contributed by atoms with van der Waals surface area (Å²) >= 11 is 12.4. The van der Waals surface area contributed by atoms with Crippen LogP contribution in [0.5, 0.6) is 0 Å². The molecule has 108 valence electrons. The molecule has 1 N–H and O–H groups in total. The Labute approximate surface area is 134 Å². The molecule has 0 spiro atoms. The van der Waals surface area contributed by atoms with Gasteiger partial charge in [-0.25, -0.2) is 0 Å². The lowest BCUT2D eigenvalue weighted by Crippen LogP contribution is -2.43. The summed E-state index contributed by atoms with van der Waals surface area (Å²) in [5.74, 6) is 0. The van der Waals surface area contributed by atoms with Gasteiger partial charge in [0.05, 0.1) is 15.6 Å².